The molecule has 0 saturated carbocycles. The number of hydrazone groups is 2. The molecule has 2 amide bonds. The molecule has 3 rings (SSSR count). The summed E-state index contributed by atoms with van der Waals surface area (Å²) < 4.78 is 0. The Morgan fingerprint density at radius 1 is 0.722 bits per heavy atom. The van der Waals surface area contributed by atoms with Gasteiger partial charge in [-0.1, -0.05) is 58.7 Å². The van der Waals surface area contributed by atoms with E-state index >= 15 is 0 Å². The van der Waals surface area contributed by atoms with Crippen molar-refractivity contribution in [3.8, 4) is 0 Å². The first-order chi connectivity index (χ1) is 17.3. The number of amides is 2. The molecule has 3 aromatic rings. The van der Waals surface area contributed by atoms with Crippen LogP contribution in [0.2, 0.25) is 0 Å². The van der Waals surface area contributed by atoms with Gasteiger partial charge in [0.25, 0.3) is 5.91 Å². The smallest absolute Gasteiger partial charge is 0.271 e. The first kappa shape index (κ1) is 26.3. The molecule has 0 aliphatic carbocycles. The van der Waals surface area contributed by atoms with Gasteiger partial charge in [0.15, 0.2) is 0 Å². The highest BCUT2D eigenvalue weighted by Crippen LogP contribution is 2.11. The third-order valence-corrected chi connectivity index (χ3v) is 5.33. The highest BCUT2D eigenvalue weighted by Gasteiger charge is 2.05. The van der Waals surface area contributed by atoms with E-state index in [0.29, 0.717) is 24.9 Å². The van der Waals surface area contributed by atoms with Crippen molar-refractivity contribution in [3.63, 3.8) is 0 Å². The van der Waals surface area contributed by atoms with Gasteiger partial charge in [-0.2, -0.15) is 10.2 Å². The van der Waals surface area contributed by atoms with Gasteiger partial charge < -0.3 is 5.32 Å². The van der Waals surface area contributed by atoms with Crippen molar-refractivity contribution in [3.05, 3.63) is 99.6 Å². The van der Waals surface area contributed by atoms with Crippen LogP contribution in [0.4, 0.5) is 5.69 Å². The van der Waals surface area contributed by atoms with Crippen molar-refractivity contribution in [1.29, 1.82) is 0 Å². The van der Waals surface area contributed by atoms with Crippen molar-refractivity contribution in [1.82, 2.24) is 10.9 Å². The van der Waals surface area contributed by atoms with Gasteiger partial charge in [0.1, 0.15) is 0 Å². The molecule has 0 bridgehead atoms. The van der Waals surface area contributed by atoms with Gasteiger partial charge in [0.2, 0.25) is 5.91 Å². The van der Waals surface area contributed by atoms with E-state index < -0.39 is 0 Å². The van der Waals surface area contributed by atoms with E-state index in [1.807, 2.05) is 64.1 Å². The van der Waals surface area contributed by atoms with Crippen molar-refractivity contribution >= 4 is 29.9 Å². The van der Waals surface area contributed by atoms with Gasteiger partial charge in [-0.3, -0.25) is 9.59 Å². The number of aryl methyl sites for hydroxylation is 4. The third-order valence-electron chi connectivity index (χ3n) is 5.33. The Bertz CT molecular complexity index is 1220. The van der Waals surface area contributed by atoms with Crippen LogP contribution >= 0.6 is 0 Å². The summed E-state index contributed by atoms with van der Waals surface area (Å²) in [6.07, 6.45) is 4.30. The monoisotopic (exact) mass is 483 g/mol. The Hall–Kier alpha value is -4.26. The summed E-state index contributed by atoms with van der Waals surface area (Å²) in [6, 6.07) is 19.3. The van der Waals surface area contributed by atoms with E-state index in [9.17, 15) is 9.59 Å². The highest BCUT2D eigenvalue weighted by molar-refractivity contribution is 5.95. The molecule has 7 heteroatoms. The molecule has 186 valence electrons. The van der Waals surface area contributed by atoms with E-state index in [-0.39, 0.29) is 11.8 Å². The first-order valence-electron chi connectivity index (χ1n) is 11.9. The summed E-state index contributed by atoms with van der Waals surface area (Å²) >= 11 is 0. The largest absolute Gasteiger partial charge is 0.385 e. The fourth-order valence-corrected chi connectivity index (χ4v) is 3.85. The van der Waals surface area contributed by atoms with Gasteiger partial charge in [0.05, 0.1) is 12.4 Å². The number of nitrogens with zero attached hydrogens (tertiary/aromatic N) is 2. The van der Waals surface area contributed by atoms with Gasteiger partial charge >= 0.3 is 0 Å². The molecule has 0 aliphatic heterocycles. The SMILES string of the molecule is Cc1cc(C)cc(/C=N/NC(=O)CCCNc2ccc(C(=O)N/N=C/c3cc(C)cc(C)c3)cc2)c1. The van der Waals surface area contributed by atoms with Crippen molar-refractivity contribution in [2.45, 2.75) is 40.5 Å². The van der Waals surface area contributed by atoms with Crippen LogP contribution in [0.3, 0.4) is 0 Å². The van der Waals surface area contributed by atoms with Crippen molar-refractivity contribution in [2.75, 3.05) is 11.9 Å². The number of hydrogen-bond donors (Lipinski definition) is 3. The third kappa shape index (κ3) is 8.83. The maximum atomic E-state index is 12.3. The summed E-state index contributed by atoms with van der Waals surface area (Å²) in [7, 11) is 0. The van der Waals surface area contributed by atoms with Crippen LogP contribution in [0.25, 0.3) is 0 Å². The number of hydrogen-bond acceptors (Lipinski definition) is 5. The van der Waals surface area contributed by atoms with E-state index in [1.165, 1.54) is 0 Å². The first-order valence-corrected chi connectivity index (χ1v) is 11.9. The second kappa shape index (κ2) is 13.0. The maximum Gasteiger partial charge on any atom is 0.271 e. The lowest BCUT2D eigenvalue weighted by molar-refractivity contribution is -0.121. The number of rotatable bonds is 10. The zero-order valence-corrected chi connectivity index (χ0v) is 21.3. The van der Waals surface area contributed by atoms with Crippen LogP contribution in [0, 0.1) is 27.7 Å². The summed E-state index contributed by atoms with van der Waals surface area (Å²) in [5.74, 6) is -0.411. The summed E-state index contributed by atoms with van der Waals surface area (Å²) in [6.45, 7) is 8.73. The predicted molar refractivity (Wildman–Crippen MR) is 147 cm³/mol. The normalized spacial score (nSPS) is 11.1. The molecule has 0 aliphatic rings. The summed E-state index contributed by atoms with van der Waals surface area (Å²) in [5.41, 5.74) is 13.0. The Morgan fingerprint density at radius 2 is 1.22 bits per heavy atom. The molecule has 0 unspecified atom stereocenters. The van der Waals surface area contributed by atoms with Crippen LogP contribution in [0.5, 0.6) is 0 Å². The summed E-state index contributed by atoms with van der Waals surface area (Å²) in [4.78, 5) is 24.3. The number of carbonyl (C=O) groups excluding carboxylic acids is 2. The molecule has 3 aromatic carbocycles. The van der Waals surface area contributed by atoms with Gasteiger partial charge in [-0.15, -0.1) is 0 Å². The Balaban J connectivity index is 1.36. The average Bonchev–Trinajstić information content (AvgIpc) is 2.81. The molecular formula is C29H33N5O2. The number of benzene rings is 3. The summed E-state index contributed by atoms with van der Waals surface area (Å²) in [5, 5.41) is 11.4. The van der Waals surface area contributed by atoms with Crippen LogP contribution in [0.1, 0.15) is 56.6 Å². The number of nitrogens with one attached hydrogen (secondary N) is 3. The molecule has 36 heavy (non-hydrogen) atoms. The molecule has 0 radical (unpaired) electrons. The molecule has 0 aromatic heterocycles. The molecule has 0 saturated heterocycles. The van der Waals surface area contributed by atoms with Crippen LogP contribution < -0.4 is 16.2 Å². The fourth-order valence-electron chi connectivity index (χ4n) is 3.85. The molecular weight excluding hydrogens is 450 g/mol. The van der Waals surface area contributed by atoms with Crippen molar-refractivity contribution in [2.24, 2.45) is 10.2 Å². The molecule has 7 nitrogen and oxygen atoms in total. The minimum atomic E-state index is -0.278. The Morgan fingerprint density at radius 3 is 1.75 bits per heavy atom. The fraction of sp³-hybridized carbons (Fsp3) is 0.241. The Kier molecular flexibility index (Phi) is 9.51. The van der Waals surface area contributed by atoms with Crippen LogP contribution in [0.15, 0.2) is 70.9 Å². The second-order valence-corrected chi connectivity index (χ2v) is 8.94. The van der Waals surface area contributed by atoms with Gasteiger partial charge in [-0.05, 0) is 69.5 Å². The predicted octanol–water partition coefficient (Wildman–Crippen LogP) is 5.03. The highest BCUT2D eigenvalue weighted by atomic mass is 16.2. The minimum Gasteiger partial charge on any atom is -0.385 e. The zero-order chi connectivity index (χ0) is 25.9. The molecule has 3 N–H and O–H groups in total. The number of carbonyl (C=O) groups is 2. The quantitative estimate of drug-likeness (QED) is 0.214. The van der Waals surface area contributed by atoms with E-state index in [2.05, 4.69) is 38.5 Å². The topological polar surface area (TPSA) is 95.0 Å². The lowest BCUT2D eigenvalue weighted by atomic mass is 10.1. The van der Waals surface area contributed by atoms with Gasteiger partial charge in [-0.25, -0.2) is 10.9 Å². The number of anilines is 1. The van der Waals surface area contributed by atoms with Crippen molar-refractivity contribution < 1.29 is 9.59 Å². The minimum absolute atomic E-state index is 0.133. The van der Waals surface area contributed by atoms with E-state index in [4.69, 9.17) is 0 Å². The van der Waals surface area contributed by atoms with Gasteiger partial charge in [0, 0.05) is 24.2 Å². The van der Waals surface area contributed by atoms with Crippen LogP contribution in [-0.4, -0.2) is 30.8 Å². The lowest BCUT2D eigenvalue weighted by Crippen LogP contribution is -2.18. The molecule has 0 fully saturated rings. The maximum absolute atomic E-state index is 12.3. The van der Waals surface area contributed by atoms with Crippen LogP contribution in [-0.2, 0) is 4.79 Å². The van der Waals surface area contributed by atoms with E-state index in [0.717, 1.165) is 39.1 Å². The lowest BCUT2D eigenvalue weighted by Gasteiger charge is -2.07. The average molecular weight is 484 g/mol. The molecule has 0 heterocycles. The molecule has 0 spiro atoms. The second-order valence-electron chi connectivity index (χ2n) is 8.94. The zero-order valence-electron chi connectivity index (χ0n) is 21.3. The molecule has 0 atom stereocenters. The standard InChI is InChI=1S/C29H33N5O2/c1-20-12-21(2)15-24(14-20)18-31-33-28(35)6-5-11-30-27-9-7-26(8-10-27)29(36)34-32-19-25-16-22(3)13-23(4)17-25/h7-10,12-19,30H,5-6,11H2,1-4H3,(H,33,35)(H,34,36)/b31-18+,32-19+. The Labute approximate surface area is 212 Å². The van der Waals surface area contributed by atoms with E-state index in [1.54, 1.807) is 24.6 Å².